The Morgan fingerprint density at radius 1 is 1.35 bits per heavy atom. The van der Waals surface area contributed by atoms with E-state index in [4.69, 9.17) is 0 Å². The molecule has 0 saturated carbocycles. The number of amides is 2. The first-order chi connectivity index (χ1) is 8.14. The largest absolute Gasteiger partial charge is 0.341 e. The van der Waals surface area contributed by atoms with Crippen LogP contribution in [-0.2, 0) is 4.99 Å². The molecule has 1 aliphatic rings. The standard InChI is InChI=1S/C9H10N6OS/c1-10-8(16)11-7-4-2-3-6(5-7)9(17)12-14-15-13-9/h2-5,17H,1H3,(H2,10,11,16). The maximum atomic E-state index is 11.2. The summed E-state index contributed by atoms with van der Waals surface area (Å²) in [6.07, 6.45) is 0. The number of thiol groups is 1. The van der Waals surface area contributed by atoms with Crippen LogP contribution < -0.4 is 10.6 Å². The van der Waals surface area contributed by atoms with Crippen LogP contribution in [0.1, 0.15) is 5.56 Å². The number of hydrogen-bond acceptors (Lipinski definition) is 6. The fraction of sp³-hybridized carbons (Fsp3) is 0.222. The summed E-state index contributed by atoms with van der Waals surface area (Å²) in [5.74, 6) is 0. The zero-order chi connectivity index (χ0) is 12.3. The first kappa shape index (κ1) is 11.5. The number of hydrogen-bond donors (Lipinski definition) is 3. The first-order valence-corrected chi connectivity index (χ1v) is 5.24. The van der Waals surface area contributed by atoms with Gasteiger partial charge in [-0.05, 0) is 22.6 Å². The summed E-state index contributed by atoms with van der Waals surface area (Å²) in [4.78, 5) is 10.1. The van der Waals surface area contributed by atoms with Crippen molar-refractivity contribution in [1.82, 2.24) is 5.32 Å². The summed E-state index contributed by atoms with van der Waals surface area (Å²) in [7, 11) is 1.54. The number of nitrogens with zero attached hydrogens (tertiary/aromatic N) is 4. The van der Waals surface area contributed by atoms with Gasteiger partial charge in [0.05, 0.1) is 0 Å². The summed E-state index contributed by atoms with van der Waals surface area (Å²) >= 11 is 4.28. The fourth-order valence-corrected chi connectivity index (χ4v) is 1.52. The lowest BCUT2D eigenvalue weighted by Crippen LogP contribution is -2.24. The lowest BCUT2D eigenvalue weighted by Gasteiger charge is -2.14. The maximum absolute atomic E-state index is 11.2. The molecule has 2 N–H and O–H groups in total. The van der Waals surface area contributed by atoms with Gasteiger partial charge in [-0.25, -0.2) is 4.79 Å². The van der Waals surface area contributed by atoms with Gasteiger partial charge in [0.15, 0.2) is 0 Å². The van der Waals surface area contributed by atoms with Crippen LogP contribution in [0.4, 0.5) is 10.5 Å². The average Bonchev–Trinajstić information content (AvgIpc) is 2.78. The van der Waals surface area contributed by atoms with Gasteiger partial charge in [0.1, 0.15) is 0 Å². The van der Waals surface area contributed by atoms with Gasteiger partial charge < -0.3 is 10.6 Å². The van der Waals surface area contributed by atoms with Gasteiger partial charge in [0.25, 0.3) is 4.99 Å². The molecule has 0 atom stereocenters. The number of carbonyl (C=O) groups is 1. The molecule has 0 saturated heterocycles. The highest BCUT2D eigenvalue weighted by molar-refractivity contribution is 7.81. The molecule has 0 aliphatic carbocycles. The van der Waals surface area contributed by atoms with Crippen LogP contribution >= 0.6 is 12.6 Å². The molecule has 0 aromatic heterocycles. The lowest BCUT2D eigenvalue weighted by molar-refractivity contribution is 0.254. The predicted octanol–water partition coefficient (Wildman–Crippen LogP) is 2.31. The van der Waals surface area contributed by atoms with Crippen molar-refractivity contribution in [1.29, 1.82) is 0 Å². The Hall–Kier alpha value is -1.96. The van der Waals surface area contributed by atoms with Crippen LogP contribution in [0.15, 0.2) is 44.9 Å². The molecule has 0 radical (unpaired) electrons. The second-order valence-electron chi connectivity index (χ2n) is 3.30. The molecule has 1 heterocycles. The second kappa shape index (κ2) is 4.50. The molecule has 1 aliphatic heterocycles. The van der Waals surface area contributed by atoms with Crippen molar-refractivity contribution in [2.45, 2.75) is 4.99 Å². The summed E-state index contributed by atoms with van der Waals surface area (Å²) in [6.45, 7) is 0. The van der Waals surface area contributed by atoms with Crippen LogP contribution in [-0.4, -0.2) is 13.1 Å². The third-order valence-corrected chi connectivity index (χ3v) is 2.58. The van der Waals surface area contributed by atoms with Crippen molar-refractivity contribution in [3.8, 4) is 0 Å². The molecule has 0 spiro atoms. The molecule has 17 heavy (non-hydrogen) atoms. The van der Waals surface area contributed by atoms with Crippen molar-refractivity contribution >= 4 is 24.3 Å². The molecule has 88 valence electrons. The highest BCUT2D eigenvalue weighted by atomic mass is 32.1. The van der Waals surface area contributed by atoms with Gasteiger partial charge in [-0.3, -0.25) is 0 Å². The Bertz CT molecular complexity index is 488. The number of carbonyl (C=O) groups excluding carboxylic acids is 1. The molecule has 8 heteroatoms. The van der Waals surface area contributed by atoms with E-state index >= 15 is 0 Å². The summed E-state index contributed by atoms with van der Waals surface area (Å²) in [5, 5.41) is 19.6. The SMILES string of the molecule is CNC(=O)Nc1cccc(C2(S)N=NN=N2)c1. The van der Waals surface area contributed by atoms with E-state index in [0.29, 0.717) is 11.3 Å². The van der Waals surface area contributed by atoms with E-state index in [2.05, 4.69) is 43.9 Å². The van der Waals surface area contributed by atoms with Crippen molar-refractivity contribution in [2.24, 2.45) is 20.7 Å². The van der Waals surface area contributed by atoms with Gasteiger partial charge >= 0.3 is 6.03 Å². The Morgan fingerprint density at radius 3 is 2.71 bits per heavy atom. The molecule has 0 bridgehead atoms. The number of rotatable bonds is 2. The number of urea groups is 1. The monoisotopic (exact) mass is 250 g/mol. The van der Waals surface area contributed by atoms with Crippen LogP contribution in [0.5, 0.6) is 0 Å². The highest BCUT2D eigenvalue weighted by Crippen LogP contribution is 2.36. The van der Waals surface area contributed by atoms with E-state index < -0.39 is 4.99 Å². The zero-order valence-corrected chi connectivity index (χ0v) is 9.85. The number of nitrogens with one attached hydrogen (secondary N) is 2. The zero-order valence-electron chi connectivity index (χ0n) is 8.95. The normalized spacial score (nSPS) is 15.9. The van der Waals surface area contributed by atoms with Crippen molar-refractivity contribution < 1.29 is 4.79 Å². The molecule has 0 unspecified atom stereocenters. The van der Waals surface area contributed by atoms with Crippen LogP contribution in [0, 0.1) is 0 Å². The fourth-order valence-electron chi connectivity index (χ4n) is 1.30. The maximum Gasteiger partial charge on any atom is 0.318 e. The molecule has 2 amide bonds. The van der Waals surface area contributed by atoms with Gasteiger partial charge in [0.2, 0.25) is 0 Å². The number of anilines is 1. The van der Waals surface area contributed by atoms with E-state index in [1.54, 1.807) is 31.3 Å². The topological polar surface area (TPSA) is 90.6 Å². The molecular formula is C9H10N6OS. The smallest absolute Gasteiger partial charge is 0.318 e. The molecule has 2 rings (SSSR count). The molecule has 1 aromatic carbocycles. The van der Waals surface area contributed by atoms with Gasteiger partial charge in [-0.2, -0.15) is 0 Å². The van der Waals surface area contributed by atoms with Crippen molar-refractivity contribution in [2.75, 3.05) is 12.4 Å². The Labute approximate surface area is 103 Å². The third-order valence-electron chi connectivity index (χ3n) is 2.14. The van der Waals surface area contributed by atoms with Gasteiger partial charge in [-0.1, -0.05) is 12.1 Å². The molecule has 1 aromatic rings. The lowest BCUT2D eigenvalue weighted by atomic mass is 10.1. The molecule has 0 fully saturated rings. The minimum absolute atomic E-state index is 0.301. The first-order valence-electron chi connectivity index (χ1n) is 4.80. The van der Waals surface area contributed by atoms with Crippen LogP contribution in [0.2, 0.25) is 0 Å². The Kier molecular flexibility index (Phi) is 3.05. The Morgan fingerprint density at radius 2 is 2.06 bits per heavy atom. The molecule has 7 nitrogen and oxygen atoms in total. The predicted molar refractivity (Wildman–Crippen MR) is 64.9 cm³/mol. The van der Waals surface area contributed by atoms with Crippen molar-refractivity contribution in [3.05, 3.63) is 29.8 Å². The van der Waals surface area contributed by atoms with Gasteiger partial charge in [0, 0.05) is 18.3 Å². The third kappa shape index (κ3) is 2.41. The van der Waals surface area contributed by atoms with Crippen LogP contribution in [0.25, 0.3) is 0 Å². The van der Waals surface area contributed by atoms with E-state index in [1.165, 1.54) is 0 Å². The summed E-state index contributed by atoms with van der Waals surface area (Å²) in [5.41, 5.74) is 1.30. The van der Waals surface area contributed by atoms with E-state index in [1.807, 2.05) is 0 Å². The quantitative estimate of drug-likeness (QED) is 0.690. The second-order valence-corrected chi connectivity index (χ2v) is 3.92. The Balaban J connectivity index is 2.26. The molecular weight excluding hydrogens is 240 g/mol. The van der Waals surface area contributed by atoms with Crippen LogP contribution in [0.3, 0.4) is 0 Å². The van der Waals surface area contributed by atoms with Gasteiger partial charge in [-0.15, -0.1) is 22.9 Å². The van der Waals surface area contributed by atoms with E-state index in [-0.39, 0.29) is 6.03 Å². The summed E-state index contributed by atoms with van der Waals surface area (Å²) in [6, 6.07) is 6.71. The minimum Gasteiger partial charge on any atom is -0.341 e. The number of benzene rings is 1. The van der Waals surface area contributed by atoms with Crippen molar-refractivity contribution in [3.63, 3.8) is 0 Å². The highest BCUT2D eigenvalue weighted by Gasteiger charge is 2.30. The van der Waals surface area contributed by atoms with E-state index in [9.17, 15) is 4.79 Å². The summed E-state index contributed by atoms with van der Waals surface area (Å²) < 4.78 is 0. The minimum atomic E-state index is -1.10. The van der Waals surface area contributed by atoms with E-state index in [0.717, 1.165) is 0 Å². The average molecular weight is 250 g/mol.